The minimum absolute atomic E-state index is 0.0652. The average Bonchev–Trinajstić information content (AvgIpc) is 3.47. The van der Waals surface area contributed by atoms with E-state index >= 15 is 0 Å². The standard InChI is InChI=1S/C21H24FN3O2/c1-13(15-9-11-17(12-10-15)25-20(26)16-7-8-16)23-21(27)24-14(2)18-5-3-4-6-19(18)22/h3-6,9-14,16H,7-8H2,1-2H3,(H,25,26)(H2,23,24,27)/t13-,14+/m1/s1. The van der Waals surface area contributed by atoms with Crippen LogP contribution >= 0.6 is 0 Å². The Bertz CT molecular complexity index is 818. The first kappa shape index (κ1) is 18.9. The van der Waals surface area contributed by atoms with Gasteiger partial charge in [-0.25, -0.2) is 9.18 Å². The smallest absolute Gasteiger partial charge is 0.315 e. The zero-order valence-corrected chi connectivity index (χ0v) is 15.5. The minimum Gasteiger partial charge on any atom is -0.332 e. The van der Waals surface area contributed by atoms with Gasteiger partial charge < -0.3 is 16.0 Å². The maximum absolute atomic E-state index is 13.8. The Labute approximate surface area is 158 Å². The van der Waals surface area contributed by atoms with Crippen molar-refractivity contribution in [2.24, 2.45) is 5.92 Å². The number of nitrogens with one attached hydrogen (secondary N) is 3. The average molecular weight is 369 g/mol. The highest BCUT2D eigenvalue weighted by molar-refractivity contribution is 5.94. The second-order valence-corrected chi connectivity index (χ2v) is 6.97. The number of rotatable bonds is 6. The first-order valence-corrected chi connectivity index (χ1v) is 9.16. The highest BCUT2D eigenvalue weighted by atomic mass is 19.1. The monoisotopic (exact) mass is 369 g/mol. The van der Waals surface area contributed by atoms with E-state index < -0.39 is 6.04 Å². The summed E-state index contributed by atoms with van der Waals surface area (Å²) in [6.45, 7) is 3.60. The molecule has 0 aromatic heterocycles. The summed E-state index contributed by atoms with van der Waals surface area (Å²) in [6.07, 6.45) is 1.93. The number of amides is 3. The van der Waals surface area contributed by atoms with Gasteiger partial charge in [0.05, 0.1) is 12.1 Å². The summed E-state index contributed by atoms with van der Waals surface area (Å²) in [5, 5.41) is 8.48. The van der Waals surface area contributed by atoms with Gasteiger partial charge in [-0.1, -0.05) is 30.3 Å². The van der Waals surface area contributed by atoms with Crippen LogP contribution in [0.4, 0.5) is 14.9 Å². The van der Waals surface area contributed by atoms with Crippen LogP contribution < -0.4 is 16.0 Å². The van der Waals surface area contributed by atoms with Crippen LogP contribution in [-0.4, -0.2) is 11.9 Å². The Morgan fingerprint density at radius 3 is 2.22 bits per heavy atom. The highest BCUT2D eigenvalue weighted by Gasteiger charge is 2.29. The van der Waals surface area contributed by atoms with Gasteiger partial charge in [0.15, 0.2) is 0 Å². The topological polar surface area (TPSA) is 70.2 Å². The summed E-state index contributed by atoms with van der Waals surface area (Å²) in [4.78, 5) is 24.0. The summed E-state index contributed by atoms with van der Waals surface area (Å²) < 4.78 is 13.8. The third-order valence-corrected chi connectivity index (χ3v) is 4.69. The van der Waals surface area contributed by atoms with Crippen LogP contribution in [0.3, 0.4) is 0 Å². The third-order valence-electron chi connectivity index (χ3n) is 4.69. The Hall–Kier alpha value is -2.89. The lowest BCUT2D eigenvalue weighted by atomic mass is 10.1. The molecule has 142 valence electrons. The zero-order chi connectivity index (χ0) is 19.4. The quantitative estimate of drug-likeness (QED) is 0.711. The SMILES string of the molecule is C[C@H](NC(=O)N[C@H](C)c1ccc(NC(=O)C2CC2)cc1)c1ccccc1F. The van der Waals surface area contributed by atoms with Crippen molar-refractivity contribution in [1.29, 1.82) is 0 Å². The van der Waals surface area contributed by atoms with Crippen LogP contribution in [0.5, 0.6) is 0 Å². The van der Waals surface area contributed by atoms with E-state index in [2.05, 4.69) is 16.0 Å². The largest absolute Gasteiger partial charge is 0.332 e. The Kier molecular flexibility index (Phi) is 5.74. The Morgan fingerprint density at radius 2 is 1.59 bits per heavy atom. The van der Waals surface area contributed by atoms with E-state index in [9.17, 15) is 14.0 Å². The van der Waals surface area contributed by atoms with Crippen molar-refractivity contribution in [3.8, 4) is 0 Å². The molecule has 6 heteroatoms. The Balaban J connectivity index is 1.53. The summed E-state index contributed by atoms with van der Waals surface area (Å²) >= 11 is 0. The van der Waals surface area contributed by atoms with Gasteiger partial charge in [-0.05, 0) is 50.5 Å². The molecule has 3 amide bonds. The fraction of sp³-hybridized carbons (Fsp3) is 0.333. The predicted octanol–water partition coefficient (Wildman–Crippen LogP) is 4.30. The minimum atomic E-state index is -0.446. The zero-order valence-electron chi connectivity index (χ0n) is 15.5. The van der Waals surface area contributed by atoms with Crippen molar-refractivity contribution in [1.82, 2.24) is 10.6 Å². The molecule has 1 aliphatic rings. The van der Waals surface area contributed by atoms with Crippen LogP contribution in [0.25, 0.3) is 0 Å². The summed E-state index contributed by atoms with van der Waals surface area (Å²) in [6, 6.07) is 12.7. The molecule has 2 atom stereocenters. The molecule has 0 spiro atoms. The van der Waals surface area contributed by atoms with Crippen molar-refractivity contribution >= 4 is 17.6 Å². The van der Waals surface area contributed by atoms with Crippen LogP contribution in [0.2, 0.25) is 0 Å². The van der Waals surface area contributed by atoms with Crippen molar-refractivity contribution in [3.63, 3.8) is 0 Å². The number of urea groups is 1. The number of benzene rings is 2. The van der Waals surface area contributed by atoms with Crippen LogP contribution in [-0.2, 0) is 4.79 Å². The fourth-order valence-corrected chi connectivity index (χ4v) is 2.87. The lowest BCUT2D eigenvalue weighted by Gasteiger charge is -2.19. The van der Waals surface area contributed by atoms with Gasteiger partial charge >= 0.3 is 6.03 Å². The summed E-state index contributed by atoms with van der Waals surface area (Å²) in [5.41, 5.74) is 2.10. The number of halogens is 1. The van der Waals surface area contributed by atoms with Crippen molar-refractivity contribution in [2.75, 3.05) is 5.32 Å². The van der Waals surface area contributed by atoms with Gasteiger partial charge in [-0.2, -0.15) is 0 Å². The van der Waals surface area contributed by atoms with Gasteiger partial charge in [0, 0.05) is 17.2 Å². The molecule has 0 heterocycles. The molecular weight excluding hydrogens is 345 g/mol. The molecular formula is C21H24FN3O2. The first-order chi connectivity index (χ1) is 12.9. The number of hydrogen-bond donors (Lipinski definition) is 3. The fourth-order valence-electron chi connectivity index (χ4n) is 2.87. The first-order valence-electron chi connectivity index (χ1n) is 9.16. The van der Waals surface area contributed by atoms with E-state index in [1.165, 1.54) is 6.07 Å². The molecule has 0 saturated heterocycles. The lowest BCUT2D eigenvalue weighted by Crippen LogP contribution is -2.38. The van der Waals surface area contributed by atoms with Crippen molar-refractivity contribution in [2.45, 2.75) is 38.8 Å². The van der Waals surface area contributed by atoms with E-state index in [1.54, 1.807) is 25.1 Å². The molecule has 5 nitrogen and oxygen atoms in total. The van der Waals surface area contributed by atoms with Crippen molar-refractivity contribution in [3.05, 3.63) is 65.5 Å². The van der Waals surface area contributed by atoms with E-state index in [1.807, 2.05) is 31.2 Å². The second-order valence-electron chi connectivity index (χ2n) is 6.97. The van der Waals surface area contributed by atoms with Gasteiger partial charge in [0.2, 0.25) is 5.91 Å². The van der Waals surface area contributed by atoms with E-state index in [-0.39, 0.29) is 29.7 Å². The second kappa shape index (κ2) is 8.20. The molecule has 0 unspecified atom stereocenters. The summed E-state index contributed by atoms with van der Waals surface area (Å²) in [7, 11) is 0. The van der Waals surface area contributed by atoms with E-state index in [0.717, 1.165) is 24.1 Å². The molecule has 3 rings (SSSR count). The lowest BCUT2D eigenvalue weighted by molar-refractivity contribution is -0.117. The summed E-state index contributed by atoms with van der Waals surface area (Å²) in [5.74, 6) is -0.122. The normalized spacial score (nSPS) is 15.5. The molecule has 2 aromatic rings. The third kappa shape index (κ3) is 5.06. The Morgan fingerprint density at radius 1 is 0.963 bits per heavy atom. The molecule has 0 radical (unpaired) electrons. The van der Waals surface area contributed by atoms with Crippen LogP contribution in [0.15, 0.2) is 48.5 Å². The number of anilines is 1. The van der Waals surface area contributed by atoms with E-state index in [0.29, 0.717) is 5.56 Å². The van der Waals surface area contributed by atoms with Gasteiger partial charge in [0.1, 0.15) is 5.82 Å². The highest BCUT2D eigenvalue weighted by Crippen LogP contribution is 2.30. The van der Waals surface area contributed by atoms with Gasteiger partial charge in [-0.15, -0.1) is 0 Å². The van der Waals surface area contributed by atoms with Gasteiger partial charge in [0.25, 0.3) is 0 Å². The molecule has 1 fully saturated rings. The molecule has 0 bridgehead atoms. The molecule has 2 aromatic carbocycles. The number of hydrogen-bond acceptors (Lipinski definition) is 2. The van der Waals surface area contributed by atoms with Crippen LogP contribution in [0, 0.1) is 11.7 Å². The molecule has 3 N–H and O–H groups in total. The maximum Gasteiger partial charge on any atom is 0.315 e. The molecule has 1 saturated carbocycles. The predicted molar refractivity (Wildman–Crippen MR) is 103 cm³/mol. The van der Waals surface area contributed by atoms with Gasteiger partial charge in [-0.3, -0.25) is 4.79 Å². The number of carbonyl (C=O) groups excluding carboxylic acids is 2. The molecule has 27 heavy (non-hydrogen) atoms. The number of carbonyl (C=O) groups is 2. The molecule has 0 aliphatic heterocycles. The molecule has 1 aliphatic carbocycles. The van der Waals surface area contributed by atoms with E-state index in [4.69, 9.17) is 0 Å². The van der Waals surface area contributed by atoms with Crippen molar-refractivity contribution < 1.29 is 14.0 Å². The van der Waals surface area contributed by atoms with Crippen LogP contribution in [0.1, 0.15) is 49.9 Å². The maximum atomic E-state index is 13.8.